The first-order valence-electron chi connectivity index (χ1n) is 10.8. The highest BCUT2D eigenvalue weighted by atomic mass is 35.5. The maximum Gasteiger partial charge on any atom is 0.224 e. The van der Waals surface area contributed by atoms with Crippen LogP contribution in [0.25, 0.3) is 11.4 Å². The molecule has 0 spiro atoms. The molecule has 1 saturated heterocycles. The molecule has 0 radical (unpaired) electrons. The van der Waals surface area contributed by atoms with Gasteiger partial charge in [0, 0.05) is 42.7 Å². The van der Waals surface area contributed by atoms with Crippen molar-refractivity contribution in [1.82, 2.24) is 24.1 Å². The third-order valence-corrected chi connectivity index (χ3v) is 6.53. The summed E-state index contributed by atoms with van der Waals surface area (Å²) in [5.41, 5.74) is 0.984. The minimum absolute atomic E-state index is 0.185. The van der Waals surface area contributed by atoms with Gasteiger partial charge in [-0.25, -0.2) is 4.68 Å². The molecular weight excluding hydrogens is 418 g/mol. The first kappa shape index (κ1) is 23.0. The summed E-state index contributed by atoms with van der Waals surface area (Å²) in [7, 11) is 4.22. The highest BCUT2D eigenvalue weighted by molar-refractivity contribution is 7.71. The Balaban J connectivity index is 1.70. The summed E-state index contributed by atoms with van der Waals surface area (Å²) in [5, 5.41) is 5.46. The number of unbranched alkanes of at least 4 members (excludes halogenated alkanes) is 1. The van der Waals surface area contributed by atoms with E-state index in [0.717, 1.165) is 56.7 Å². The van der Waals surface area contributed by atoms with Crippen molar-refractivity contribution in [3.63, 3.8) is 0 Å². The van der Waals surface area contributed by atoms with Crippen molar-refractivity contribution in [2.24, 2.45) is 0 Å². The molecule has 0 N–H and O–H groups in total. The van der Waals surface area contributed by atoms with E-state index in [0.29, 0.717) is 28.8 Å². The topological polar surface area (TPSA) is 46.3 Å². The van der Waals surface area contributed by atoms with Crippen molar-refractivity contribution in [3.8, 4) is 11.4 Å². The van der Waals surface area contributed by atoms with E-state index in [9.17, 15) is 4.79 Å². The third-order valence-electron chi connectivity index (χ3n) is 5.85. The van der Waals surface area contributed by atoms with Crippen LogP contribution in [0.1, 0.15) is 39.0 Å². The summed E-state index contributed by atoms with van der Waals surface area (Å²) in [5.74, 6) is 1.02. The molecule has 6 nitrogen and oxygen atoms in total. The van der Waals surface area contributed by atoms with E-state index >= 15 is 0 Å². The molecule has 2 heterocycles. The molecule has 1 aromatic heterocycles. The lowest BCUT2D eigenvalue weighted by atomic mass is 10.0. The molecule has 0 saturated carbocycles. The van der Waals surface area contributed by atoms with E-state index < -0.39 is 0 Å². The number of nitrogens with zero attached hydrogens (tertiary/aromatic N) is 5. The number of aryl methyl sites for hydroxylation is 1. The molecule has 1 fully saturated rings. The predicted molar refractivity (Wildman–Crippen MR) is 124 cm³/mol. The number of likely N-dealkylation sites (tertiary alicyclic amines) is 1. The van der Waals surface area contributed by atoms with Crippen molar-refractivity contribution < 1.29 is 4.79 Å². The lowest BCUT2D eigenvalue weighted by molar-refractivity contribution is -0.132. The highest BCUT2D eigenvalue weighted by Crippen LogP contribution is 2.22. The Morgan fingerprint density at radius 1 is 1.20 bits per heavy atom. The number of aromatic nitrogens is 3. The minimum Gasteiger partial charge on any atom is -0.343 e. The second kappa shape index (κ2) is 10.6. The van der Waals surface area contributed by atoms with E-state index in [1.54, 1.807) is 4.68 Å². The van der Waals surface area contributed by atoms with Crippen LogP contribution in [0, 0.1) is 4.77 Å². The summed E-state index contributed by atoms with van der Waals surface area (Å²) in [6, 6.07) is 8.23. The number of halogens is 1. The average molecular weight is 450 g/mol. The maximum absolute atomic E-state index is 12.7. The SMILES string of the molecule is CCCCn1c(-c2ccc(Cl)cc2)nn(CCC(=O)N2CCC(N(C)C)CC2)c1=S. The number of carbonyl (C=O) groups excluding carboxylic acids is 1. The molecule has 2 aromatic rings. The number of piperidine rings is 1. The van der Waals surface area contributed by atoms with Crippen molar-refractivity contribution >= 4 is 29.7 Å². The average Bonchev–Trinajstić information content (AvgIpc) is 3.06. The molecule has 1 aromatic carbocycles. The molecule has 1 aliphatic rings. The second-order valence-electron chi connectivity index (χ2n) is 8.17. The zero-order valence-electron chi connectivity index (χ0n) is 18.2. The molecule has 8 heteroatoms. The van der Waals surface area contributed by atoms with Gasteiger partial charge in [0.2, 0.25) is 5.91 Å². The number of benzene rings is 1. The summed E-state index contributed by atoms with van der Waals surface area (Å²) in [4.78, 5) is 17.0. The monoisotopic (exact) mass is 449 g/mol. The molecule has 0 atom stereocenters. The van der Waals surface area contributed by atoms with Gasteiger partial charge in [0.15, 0.2) is 10.6 Å². The Kier molecular flexibility index (Phi) is 8.08. The van der Waals surface area contributed by atoms with Crippen LogP contribution in [0.2, 0.25) is 5.02 Å². The molecular formula is C22H32ClN5OS. The summed E-state index contributed by atoms with van der Waals surface area (Å²) in [6.07, 6.45) is 4.59. The van der Waals surface area contributed by atoms with E-state index in [1.165, 1.54) is 0 Å². The number of hydrogen-bond acceptors (Lipinski definition) is 4. The largest absolute Gasteiger partial charge is 0.343 e. The van der Waals surface area contributed by atoms with Crippen LogP contribution in [0.3, 0.4) is 0 Å². The van der Waals surface area contributed by atoms with Gasteiger partial charge in [-0.2, -0.15) is 5.10 Å². The predicted octanol–water partition coefficient (Wildman–Crippen LogP) is 4.48. The Bertz CT molecular complexity index is 897. The summed E-state index contributed by atoms with van der Waals surface area (Å²) in [6.45, 7) is 5.14. The molecule has 0 bridgehead atoms. The standard InChI is InChI=1S/C22H32ClN5OS/c1-4-5-13-27-21(17-6-8-18(23)9-7-17)24-28(22(27)30)16-12-20(29)26-14-10-19(11-15-26)25(2)3/h6-9,19H,4-5,10-16H2,1-3H3. The Hall–Kier alpha value is -1.70. The maximum atomic E-state index is 12.7. The van der Waals surface area contributed by atoms with Gasteiger partial charge in [-0.05, 0) is 69.8 Å². The van der Waals surface area contributed by atoms with Crippen LogP contribution < -0.4 is 0 Å². The third kappa shape index (κ3) is 5.50. The zero-order chi connectivity index (χ0) is 21.7. The van der Waals surface area contributed by atoms with Crippen molar-refractivity contribution in [1.29, 1.82) is 0 Å². The highest BCUT2D eigenvalue weighted by Gasteiger charge is 2.24. The van der Waals surface area contributed by atoms with Crippen LogP contribution in [0.15, 0.2) is 24.3 Å². The minimum atomic E-state index is 0.185. The van der Waals surface area contributed by atoms with E-state index in [-0.39, 0.29) is 5.91 Å². The van der Waals surface area contributed by atoms with Gasteiger partial charge in [0.25, 0.3) is 0 Å². The van der Waals surface area contributed by atoms with Crippen molar-refractivity contribution in [2.45, 2.75) is 58.2 Å². The second-order valence-corrected chi connectivity index (χ2v) is 8.97. The quantitative estimate of drug-likeness (QED) is 0.557. The van der Waals surface area contributed by atoms with Gasteiger partial charge >= 0.3 is 0 Å². The smallest absolute Gasteiger partial charge is 0.224 e. The molecule has 30 heavy (non-hydrogen) atoms. The van der Waals surface area contributed by atoms with E-state index in [4.69, 9.17) is 28.9 Å². The first-order chi connectivity index (χ1) is 14.4. The lowest BCUT2D eigenvalue weighted by Crippen LogP contribution is -2.44. The van der Waals surface area contributed by atoms with Gasteiger partial charge in [0.1, 0.15) is 0 Å². The fourth-order valence-corrected chi connectivity index (χ4v) is 4.34. The van der Waals surface area contributed by atoms with Gasteiger partial charge in [-0.15, -0.1) is 0 Å². The summed E-state index contributed by atoms with van der Waals surface area (Å²) >= 11 is 11.8. The van der Waals surface area contributed by atoms with Gasteiger partial charge < -0.3 is 9.80 Å². The summed E-state index contributed by atoms with van der Waals surface area (Å²) < 4.78 is 4.56. The fraction of sp³-hybridized carbons (Fsp3) is 0.591. The molecule has 1 amide bonds. The normalized spacial score (nSPS) is 15.2. The molecule has 0 unspecified atom stereocenters. The van der Waals surface area contributed by atoms with Crippen molar-refractivity contribution in [2.75, 3.05) is 27.2 Å². The zero-order valence-corrected chi connectivity index (χ0v) is 19.8. The van der Waals surface area contributed by atoms with Gasteiger partial charge in [-0.3, -0.25) is 9.36 Å². The molecule has 164 valence electrons. The Labute approximate surface area is 189 Å². The van der Waals surface area contributed by atoms with Crippen LogP contribution in [0.4, 0.5) is 0 Å². The van der Waals surface area contributed by atoms with Crippen LogP contribution in [-0.2, 0) is 17.9 Å². The molecule has 3 rings (SSSR count). The Morgan fingerprint density at radius 3 is 2.47 bits per heavy atom. The number of carbonyl (C=O) groups is 1. The van der Waals surface area contributed by atoms with E-state index in [2.05, 4.69) is 30.5 Å². The number of amides is 1. The van der Waals surface area contributed by atoms with Gasteiger partial charge in [-0.1, -0.05) is 24.9 Å². The van der Waals surface area contributed by atoms with Crippen LogP contribution in [-0.4, -0.2) is 63.3 Å². The number of rotatable bonds is 8. The van der Waals surface area contributed by atoms with Gasteiger partial charge in [0.05, 0.1) is 6.54 Å². The molecule has 0 aliphatic carbocycles. The lowest BCUT2D eigenvalue weighted by Gasteiger charge is -2.35. The van der Waals surface area contributed by atoms with E-state index in [1.807, 2.05) is 29.2 Å². The first-order valence-corrected chi connectivity index (χ1v) is 11.6. The van der Waals surface area contributed by atoms with Crippen molar-refractivity contribution in [3.05, 3.63) is 34.1 Å². The fourth-order valence-electron chi connectivity index (χ4n) is 3.91. The molecule has 1 aliphatic heterocycles. The van der Waals surface area contributed by atoms with Crippen LogP contribution in [0.5, 0.6) is 0 Å². The number of hydrogen-bond donors (Lipinski definition) is 0. The Morgan fingerprint density at radius 2 is 1.87 bits per heavy atom. The van der Waals surface area contributed by atoms with Crippen LogP contribution >= 0.6 is 23.8 Å².